The average Bonchev–Trinajstić information content (AvgIpc) is 2.73. The molecule has 158 valence electrons. The molecule has 0 unspecified atom stereocenters. The number of carbonyl (C=O) groups is 3. The zero-order valence-corrected chi connectivity index (χ0v) is 17.0. The molecule has 0 saturated heterocycles. The van der Waals surface area contributed by atoms with E-state index in [0.29, 0.717) is 10.6 Å². The van der Waals surface area contributed by atoms with E-state index in [1.54, 1.807) is 31.2 Å². The molecule has 0 aliphatic rings. The van der Waals surface area contributed by atoms with Crippen molar-refractivity contribution in [2.24, 2.45) is 0 Å². The number of amides is 1. The number of esters is 2. The monoisotopic (exact) mass is 434 g/mol. The Hall–Kier alpha value is -3.46. The van der Waals surface area contributed by atoms with Crippen molar-refractivity contribution in [1.29, 1.82) is 0 Å². The molecule has 0 N–H and O–H groups in total. The fourth-order valence-corrected chi connectivity index (χ4v) is 2.71. The number of non-ortho nitro benzene ring substituents is 1. The Morgan fingerprint density at radius 3 is 2.30 bits per heavy atom. The highest BCUT2D eigenvalue weighted by atomic mass is 35.5. The second-order valence-corrected chi connectivity index (χ2v) is 6.55. The topological polar surface area (TPSA) is 116 Å². The van der Waals surface area contributed by atoms with Crippen LogP contribution in [0, 0.1) is 10.1 Å². The van der Waals surface area contributed by atoms with Crippen molar-refractivity contribution in [1.82, 2.24) is 4.90 Å². The fraction of sp³-hybridized carbons (Fsp3) is 0.250. The minimum Gasteiger partial charge on any atom is -0.468 e. The van der Waals surface area contributed by atoms with Crippen molar-refractivity contribution >= 4 is 35.1 Å². The van der Waals surface area contributed by atoms with Gasteiger partial charge in [0.2, 0.25) is 0 Å². The van der Waals surface area contributed by atoms with Gasteiger partial charge >= 0.3 is 11.9 Å². The van der Waals surface area contributed by atoms with Gasteiger partial charge in [-0.25, -0.2) is 4.79 Å². The molecule has 2 aromatic carbocycles. The number of hydrogen-bond donors (Lipinski definition) is 0. The first-order chi connectivity index (χ1) is 14.2. The highest BCUT2D eigenvalue weighted by Gasteiger charge is 2.24. The molecule has 2 rings (SSSR count). The quantitative estimate of drug-likeness (QED) is 0.355. The molecule has 9 nitrogen and oxygen atoms in total. The van der Waals surface area contributed by atoms with Crippen molar-refractivity contribution in [3.8, 4) is 0 Å². The van der Waals surface area contributed by atoms with Crippen LogP contribution in [-0.2, 0) is 20.8 Å². The predicted octanol–water partition coefficient (Wildman–Crippen LogP) is 3.24. The largest absolute Gasteiger partial charge is 0.468 e. The summed E-state index contributed by atoms with van der Waals surface area (Å²) >= 11 is 5.87. The van der Waals surface area contributed by atoms with E-state index in [4.69, 9.17) is 16.3 Å². The van der Waals surface area contributed by atoms with E-state index in [1.807, 2.05) is 0 Å². The van der Waals surface area contributed by atoms with Crippen molar-refractivity contribution in [2.75, 3.05) is 20.3 Å². The number of rotatable bonds is 8. The van der Waals surface area contributed by atoms with Crippen LogP contribution in [0.2, 0.25) is 5.02 Å². The summed E-state index contributed by atoms with van der Waals surface area (Å²) in [5.74, 6) is -2.16. The van der Waals surface area contributed by atoms with Gasteiger partial charge in [0.05, 0.1) is 24.2 Å². The zero-order valence-electron chi connectivity index (χ0n) is 16.3. The summed E-state index contributed by atoms with van der Waals surface area (Å²) in [6.07, 6.45) is 0. The normalized spacial score (nSPS) is 10.2. The van der Waals surface area contributed by atoms with Crippen molar-refractivity contribution in [3.63, 3.8) is 0 Å². The highest BCUT2D eigenvalue weighted by Crippen LogP contribution is 2.21. The number of ether oxygens (including phenoxy) is 2. The molecule has 1 amide bonds. The first kappa shape index (κ1) is 22.8. The summed E-state index contributed by atoms with van der Waals surface area (Å²) in [5.41, 5.74) is -0.0508. The molecule has 0 fully saturated rings. The van der Waals surface area contributed by atoms with Crippen molar-refractivity contribution < 1.29 is 28.8 Å². The van der Waals surface area contributed by atoms with Gasteiger partial charge in [0.25, 0.3) is 11.6 Å². The van der Waals surface area contributed by atoms with Crippen LogP contribution in [-0.4, -0.2) is 47.9 Å². The van der Waals surface area contributed by atoms with Gasteiger partial charge in [-0.15, -0.1) is 0 Å². The number of benzene rings is 2. The van der Waals surface area contributed by atoms with E-state index >= 15 is 0 Å². The molecule has 0 aromatic heterocycles. The Bertz CT molecular complexity index is 960. The van der Waals surface area contributed by atoms with Crippen molar-refractivity contribution in [2.45, 2.75) is 13.5 Å². The summed E-state index contributed by atoms with van der Waals surface area (Å²) in [6.45, 7) is 1.28. The molecule has 0 radical (unpaired) electrons. The summed E-state index contributed by atoms with van der Waals surface area (Å²) in [7, 11) is 1.18. The van der Waals surface area contributed by atoms with Gasteiger partial charge in [-0.2, -0.15) is 0 Å². The fourth-order valence-electron chi connectivity index (χ4n) is 2.59. The van der Waals surface area contributed by atoms with Gasteiger partial charge < -0.3 is 14.4 Å². The minimum absolute atomic E-state index is 0.0164. The molecular weight excluding hydrogens is 416 g/mol. The van der Waals surface area contributed by atoms with Gasteiger partial charge in [0.1, 0.15) is 6.54 Å². The minimum atomic E-state index is -0.799. The maximum absolute atomic E-state index is 13.1. The number of nitro groups is 1. The first-order valence-electron chi connectivity index (χ1n) is 8.82. The summed E-state index contributed by atoms with van der Waals surface area (Å²) in [4.78, 5) is 48.7. The average molecular weight is 435 g/mol. The summed E-state index contributed by atoms with van der Waals surface area (Å²) in [5, 5.41) is 11.8. The molecule has 30 heavy (non-hydrogen) atoms. The third-order valence-corrected chi connectivity index (χ3v) is 4.26. The molecule has 2 aromatic rings. The van der Waals surface area contributed by atoms with Crippen LogP contribution in [0.25, 0.3) is 0 Å². The van der Waals surface area contributed by atoms with Gasteiger partial charge in [-0.05, 0) is 30.7 Å². The molecule has 0 atom stereocenters. The lowest BCUT2D eigenvalue weighted by molar-refractivity contribution is -0.384. The van der Waals surface area contributed by atoms with Crippen LogP contribution < -0.4 is 0 Å². The second kappa shape index (κ2) is 10.4. The highest BCUT2D eigenvalue weighted by molar-refractivity contribution is 6.30. The summed E-state index contributed by atoms with van der Waals surface area (Å²) in [6, 6.07) is 9.87. The van der Waals surface area contributed by atoms with E-state index in [0.717, 1.165) is 17.0 Å². The molecule has 0 spiro atoms. The standard InChI is InChI=1S/C20H19ClN2O7/c1-3-30-20(26)15-8-14(9-17(10-15)23(27)28)19(25)22(12-18(24)29-2)11-13-4-6-16(21)7-5-13/h4-10H,3,11-12H2,1-2H3. The van der Waals surface area contributed by atoms with E-state index in [9.17, 15) is 24.5 Å². The molecule has 0 bridgehead atoms. The smallest absolute Gasteiger partial charge is 0.338 e. The van der Waals surface area contributed by atoms with E-state index < -0.39 is 35.0 Å². The molecule has 0 aliphatic carbocycles. The summed E-state index contributed by atoms with van der Waals surface area (Å²) < 4.78 is 9.52. The van der Waals surface area contributed by atoms with Gasteiger partial charge in [0, 0.05) is 29.3 Å². The molecule has 10 heteroatoms. The van der Waals surface area contributed by atoms with E-state index in [-0.39, 0.29) is 24.3 Å². The Balaban J connectivity index is 2.43. The van der Waals surface area contributed by atoms with Crippen LogP contribution in [0.1, 0.15) is 33.2 Å². The number of nitrogens with zero attached hydrogens (tertiary/aromatic N) is 2. The number of hydrogen-bond acceptors (Lipinski definition) is 7. The Labute approximate surface area is 177 Å². The van der Waals surface area contributed by atoms with E-state index in [2.05, 4.69) is 4.74 Å². The molecular formula is C20H19ClN2O7. The number of nitro benzene ring substituents is 1. The van der Waals surface area contributed by atoms with Crippen LogP contribution >= 0.6 is 11.6 Å². The van der Waals surface area contributed by atoms with Crippen LogP contribution in [0.5, 0.6) is 0 Å². The van der Waals surface area contributed by atoms with Crippen molar-refractivity contribution in [3.05, 3.63) is 74.3 Å². The Morgan fingerprint density at radius 2 is 1.73 bits per heavy atom. The lowest BCUT2D eigenvalue weighted by Gasteiger charge is -2.22. The lowest BCUT2D eigenvalue weighted by Crippen LogP contribution is -2.36. The molecule has 0 aliphatic heterocycles. The first-order valence-corrected chi connectivity index (χ1v) is 9.20. The molecule has 0 heterocycles. The van der Waals surface area contributed by atoms with Gasteiger partial charge in [0.15, 0.2) is 0 Å². The third kappa shape index (κ3) is 6.02. The number of methoxy groups -OCH3 is 1. The van der Waals surface area contributed by atoms with Gasteiger partial charge in [-0.3, -0.25) is 19.7 Å². The van der Waals surface area contributed by atoms with E-state index in [1.165, 1.54) is 13.2 Å². The van der Waals surface area contributed by atoms with Crippen LogP contribution in [0.4, 0.5) is 5.69 Å². The zero-order chi connectivity index (χ0) is 22.3. The number of carbonyl (C=O) groups excluding carboxylic acids is 3. The Morgan fingerprint density at radius 1 is 1.10 bits per heavy atom. The molecule has 0 saturated carbocycles. The lowest BCUT2D eigenvalue weighted by atomic mass is 10.1. The Kier molecular flexibility index (Phi) is 7.88. The number of halogens is 1. The van der Waals surface area contributed by atoms with Gasteiger partial charge in [-0.1, -0.05) is 23.7 Å². The predicted molar refractivity (Wildman–Crippen MR) is 107 cm³/mol. The maximum Gasteiger partial charge on any atom is 0.338 e. The van der Waals surface area contributed by atoms with Crippen LogP contribution in [0.3, 0.4) is 0 Å². The second-order valence-electron chi connectivity index (χ2n) is 6.11. The van der Waals surface area contributed by atoms with Crippen LogP contribution in [0.15, 0.2) is 42.5 Å². The maximum atomic E-state index is 13.1. The third-order valence-electron chi connectivity index (χ3n) is 4.01. The SMILES string of the molecule is CCOC(=O)c1cc(C(=O)N(CC(=O)OC)Cc2ccc(Cl)cc2)cc([N+](=O)[O-])c1.